The Balaban J connectivity index is 1.93. The first-order valence-corrected chi connectivity index (χ1v) is 9.74. The second-order valence-electron chi connectivity index (χ2n) is 5.94. The number of carbonyl (C=O) groups is 1. The normalized spacial score (nSPS) is 13.3. The van der Waals surface area contributed by atoms with Gasteiger partial charge in [-0.3, -0.25) is 4.79 Å². The SMILES string of the molecule is CC(NC(=O)/C=C/c1ccc(CN(C)S(C)(=O)=O)o1)c1ccc(F)cc1. The van der Waals surface area contributed by atoms with E-state index in [9.17, 15) is 17.6 Å². The number of nitrogens with one attached hydrogen (secondary N) is 1. The van der Waals surface area contributed by atoms with Crippen molar-refractivity contribution in [3.05, 3.63) is 65.4 Å². The maximum Gasteiger partial charge on any atom is 0.244 e. The molecular weight excluding hydrogens is 359 g/mol. The van der Waals surface area contributed by atoms with Crippen molar-refractivity contribution in [1.29, 1.82) is 0 Å². The second-order valence-corrected chi connectivity index (χ2v) is 8.03. The molecule has 1 N–H and O–H groups in total. The molecule has 2 aromatic rings. The standard InChI is InChI=1S/C18H21FN2O4S/c1-13(14-4-6-15(19)7-5-14)20-18(22)11-10-16-8-9-17(25-16)12-21(2)26(3,23)24/h4-11,13H,12H2,1-3H3,(H,20,22)/b11-10+. The fraction of sp³-hybridized carbons (Fsp3) is 0.278. The molecule has 1 atom stereocenters. The molecule has 0 fully saturated rings. The van der Waals surface area contributed by atoms with Crippen LogP contribution in [0.5, 0.6) is 0 Å². The predicted molar refractivity (Wildman–Crippen MR) is 97.0 cm³/mol. The van der Waals surface area contributed by atoms with Crippen LogP contribution in [0.15, 0.2) is 46.9 Å². The van der Waals surface area contributed by atoms with Crippen molar-refractivity contribution in [3.8, 4) is 0 Å². The zero-order chi connectivity index (χ0) is 19.3. The quantitative estimate of drug-likeness (QED) is 0.749. The Morgan fingerprint density at radius 3 is 2.54 bits per heavy atom. The molecule has 8 heteroatoms. The first-order valence-electron chi connectivity index (χ1n) is 7.89. The van der Waals surface area contributed by atoms with Crippen LogP contribution in [0.1, 0.15) is 30.0 Å². The number of benzene rings is 1. The van der Waals surface area contributed by atoms with Gasteiger partial charge in [-0.2, -0.15) is 4.31 Å². The number of nitrogens with zero attached hydrogens (tertiary/aromatic N) is 1. The minimum absolute atomic E-state index is 0.112. The molecule has 0 aliphatic rings. The summed E-state index contributed by atoms with van der Waals surface area (Å²) in [5.41, 5.74) is 0.789. The van der Waals surface area contributed by atoms with Crippen molar-refractivity contribution < 1.29 is 22.0 Å². The Morgan fingerprint density at radius 2 is 1.92 bits per heavy atom. The number of halogens is 1. The summed E-state index contributed by atoms with van der Waals surface area (Å²) in [7, 11) is -1.84. The van der Waals surface area contributed by atoms with Crippen molar-refractivity contribution in [3.63, 3.8) is 0 Å². The summed E-state index contributed by atoms with van der Waals surface area (Å²) in [6, 6.07) is 8.93. The molecule has 1 aromatic carbocycles. The van der Waals surface area contributed by atoms with Crippen LogP contribution in [0.2, 0.25) is 0 Å². The van der Waals surface area contributed by atoms with Crippen LogP contribution >= 0.6 is 0 Å². The van der Waals surface area contributed by atoms with Gasteiger partial charge < -0.3 is 9.73 Å². The molecule has 0 radical (unpaired) electrons. The topological polar surface area (TPSA) is 79.6 Å². The third kappa shape index (κ3) is 5.82. The van der Waals surface area contributed by atoms with Crippen LogP contribution in [0.25, 0.3) is 6.08 Å². The van der Waals surface area contributed by atoms with Gasteiger partial charge in [0, 0.05) is 13.1 Å². The second kappa shape index (κ2) is 8.29. The Bertz CT molecular complexity index is 888. The van der Waals surface area contributed by atoms with E-state index < -0.39 is 10.0 Å². The minimum Gasteiger partial charge on any atom is -0.460 e. The third-order valence-electron chi connectivity index (χ3n) is 3.75. The van der Waals surface area contributed by atoms with Crippen LogP contribution in [-0.2, 0) is 21.4 Å². The van der Waals surface area contributed by atoms with Crippen LogP contribution in [0.3, 0.4) is 0 Å². The highest BCUT2D eigenvalue weighted by Crippen LogP contribution is 2.14. The number of hydrogen-bond donors (Lipinski definition) is 1. The van der Waals surface area contributed by atoms with Gasteiger partial charge in [-0.15, -0.1) is 0 Å². The van der Waals surface area contributed by atoms with Crippen LogP contribution < -0.4 is 5.32 Å². The first-order chi connectivity index (χ1) is 12.1. The molecule has 6 nitrogen and oxygen atoms in total. The van der Waals surface area contributed by atoms with Crippen molar-refractivity contribution >= 4 is 22.0 Å². The van der Waals surface area contributed by atoms with Gasteiger partial charge in [-0.1, -0.05) is 12.1 Å². The molecule has 0 spiro atoms. The number of furan rings is 1. The van der Waals surface area contributed by atoms with Gasteiger partial charge >= 0.3 is 0 Å². The van der Waals surface area contributed by atoms with Gasteiger partial charge in [-0.25, -0.2) is 12.8 Å². The average Bonchev–Trinajstić information content (AvgIpc) is 3.00. The van der Waals surface area contributed by atoms with Crippen molar-refractivity contribution in [1.82, 2.24) is 9.62 Å². The number of hydrogen-bond acceptors (Lipinski definition) is 4. The molecule has 1 heterocycles. The Kier molecular flexibility index (Phi) is 6.33. The average molecular weight is 380 g/mol. The lowest BCUT2D eigenvalue weighted by Crippen LogP contribution is -2.24. The van der Waals surface area contributed by atoms with Crippen LogP contribution in [0.4, 0.5) is 4.39 Å². The van der Waals surface area contributed by atoms with E-state index in [4.69, 9.17) is 4.42 Å². The van der Waals surface area contributed by atoms with E-state index in [-0.39, 0.29) is 24.3 Å². The molecule has 1 unspecified atom stereocenters. The largest absolute Gasteiger partial charge is 0.460 e. The highest BCUT2D eigenvalue weighted by molar-refractivity contribution is 7.88. The molecular formula is C18H21FN2O4S. The van der Waals surface area contributed by atoms with Gasteiger partial charge in [0.2, 0.25) is 15.9 Å². The molecule has 0 aliphatic carbocycles. The summed E-state index contributed by atoms with van der Waals surface area (Å²) in [5, 5.41) is 2.77. The molecule has 0 bridgehead atoms. The Hall–Kier alpha value is -2.45. The lowest BCUT2D eigenvalue weighted by atomic mass is 10.1. The summed E-state index contributed by atoms with van der Waals surface area (Å²) in [6.45, 7) is 1.91. The molecule has 140 valence electrons. The maximum atomic E-state index is 12.9. The molecule has 1 amide bonds. The summed E-state index contributed by atoms with van der Waals surface area (Å²) >= 11 is 0. The van der Waals surface area contributed by atoms with E-state index in [0.29, 0.717) is 11.5 Å². The molecule has 26 heavy (non-hydrogen) atoms. The van der Waals surface area contributed by atoms with E-state index in [2.05, 4.69) is 5.32 Å². The van der Waals surface area contributed by atoms with Crippen molar-refractivity contribution in [2.45, 2.75) is 19.5 Å². The third-order valence-corrected chi connectivity index (χ3v) is 5.02. The van der Waals surface area contributed by atoms with Gasteiger partial charge in [0.05, 0.1) is 18.8 Å². The molecule has 0 saturated heterocycles. The van der Waals surface area contributed by atoms with Gasteiger partial charge in [0.25, 0.3) is 0 Å². The summed E-state index contributed by atoms with van der Waals surface area (Å²) in [6.07, 6.45) is 3.93. The number of carbonyl (C=O) groups excluding carboxylic acids is 1. The van der Waals surface area contributed by atoms with Crippen molar-refractivity contribution in [2.75, 3.05) is 13.3 Å². The predicted octanol–water partition coefficient (Wildman–Crippen LogP) is 2.70. The van der Waals surface area contributed by atoms with E-state index in [1.54, 1.807) is 31.2 Å². The zero-order valence-corrected chi connectivity index (χ0v) is 15.6. The fourth-order valence-corrected chi connectivity index (χ4v) is 2.52. The van der Waals surface area contributed by atoms with Gasteiger partial charge in [0.15, 0.2) is 0 Å². The zero-order valence-electron chi connectivity index (χ0n) is 14.8. The maximum absolute atomic E-state index is 12.9. The number of sulfonamides is 1. The first kappa shape index (κ1) is 19.9. The molecule has 0 saturated carbocycles. The summed E-state index contributed by atoms with van der Waals surface area (Å²) in [4.78, 5) is 12.0. The van der Waals surface area contributed by atoms with Crippen LogP contribution in [-0.4, -0.2) is 31.9 Å². The highest BCUT2D eigenvalue weighted by Gasteiger charge is 2.13. The van der Waals surface area contributed by atoms with E-state index in [1.807, 2.05) is 0 Å². The van der Waals surface area contributed by atoms with Gasteiger partial charge in [0.1, 0.15) is 17.3 Å². The van der Waals surface area contributed by atoms with Crippen LogP contribution in [0, 0.1) is 5.82 Å². The lowest BCUT2D eigenvalue weighted by molar-refractivity contribution is -0.117. The monoisotopic (exact) mass is 380 g/mol. The summed E-state index contributed by atoms with van der Waals surface area (Å²) < 4.78 is 42.4. The Labute approximate surface area is 152 Å². The number of amides is 1. The van der Waals surface area contributed by atoms with Crippen molar-refractivity contribution in [2.24, 2.45) is 0 Å². The van der Waals surface area contributed by atoms with E-state index >= 15 is 0 Å². The Morgan fingerprint density at radius 1 is 1.27 bits per heavy atom. The molecule has 1 aromatic heterocycles. The summed E-state index contributed by atoms with van der Waals surface area (Å²) in [5.74, 6) is 0.250. The number of rotatable bonds is 7. The molecule has 2 rings (SSSR count). The highest BCUT2D eigenvalue weighted by atomic mass is 32.2. The smallest absolute Gasteiger partial charge is 0.244 e. The van der Waals surface area contributed by atoms with E-state index in [1.165, 1.54) is 31.3 Å². The lowest BCUT2D eigenvalue weighted by Gasteiger charge is -2.12. The fourth-order valence-electron chi connectivity index (χ4n) is 2.16. The minimum atomic E-state index is -3.29. The van der Waals surface area contributed by atoms with E-state index in [0.717, 1.165) is 16.1 Å². The molecule has 0 aliphatic heterocycles. The van der Waals surface area contributed by atoms with Gasteiger partial charge in [-0.05, 0) is 42.8 Å².